The summed E-state index contributed by atoms with van der Waals surface area (Å²) in [4.78, 5) is 12.3. The van der Waals surface area contributed by atoms with Crippen LogP contribution in [0.5, 0.6) is 0 Å². The Balaban J connectivity index is 3.39. The Bertz CT molecular complexity index is 370. The van der Waals surface area contributed by atoms with Crippen LogP contribution >= 0.6 is 11.5 Å². The molecule has 0 unspecified atom stereocenters. The number of hydrogen-bond donors (Lipinski definition) is 0. The summed E-state index contributed by atoms with van der Waals surface area (Å²) in [5.41, 5.74) is 0.726. The maximum atomic E-state index is 11.4. The Morgan fingerprint density at radius 3 is 2.75 bits per heavy atom. The molecule has 3 heteroatoms. The van der Waals surface area contributed by atoms with Crippen molar-refractivity contribution < 1.29 is 0 Å². The van der Waals surface area contributed by atoms with Gasteiger partial charge in [0.25, 0.3) is 5.56 Å². The van der Waals surface area contributed by atoms with Crippen LogP contribution in [0.25, 0.3) is 12.2 Å². The van der Waals surface area contributed by atoms with Crippen molar-refractivity contribution in [3.63, 3.8) is 0 Å². The van der Waals surface area contributed by atoms with E-state index < -0.39 is 0 Å². The van der Waals surface area contributed by atoms with Crippen molar-refractivity contribution >= 4 is 23.7 Å². The van der Waals surface area contributed by atoms with Crippen molar-refractivity contribution in [2.75, 3.05) is 0 Å². The highest BCUT2D eigenvalue weighted by atomic mass is 32.1. The molecule has 1 aromatic heterocycles. The van der Waals surface area contributed by atoms with Gasteiger partial charge in [-0.2, -0.15) is 0 Å². The van der Waals surface area contributed by atoms with E-state index in [0.29, 0.717) is 5.56 Å². The maximum Gasteiger partial charge on any atom is 0.268 e. The molecule has 0 aromatic carbocycles. The van der Waals surface area contributed by atoms with Crippen LogP contribution in [0.15, 0.2) is 17.4 Å². The fraction of sp³-hybridized carbons (Fsp3) is 0.222. The normalized spacial score (nSPS) is 10.8. The summed E-state index contributed by atoms with van der Waals surface area (Å²) in [5, 5.41) is 0. The molecule has 0 amide bonds. The van der Waals surface area contributed by atoms with Gasteiger partial charge < -0.3 is 0 Å². The van der Waals surface area contributed by atoms with Crippen LogP contribution in [-0.4, -0.2) is 3.96 Å². The minimum Gasteiger partial charge on any atom is -0.268 e. The number of aryl methyl sites for hydroxylation is 1. The summed E-state index contributed by atoms with van der Waals surface area (Å²) in [6.45, 7) is 5.54. The van der Waals surface area contributed by atoms with E-state index in [1.54, 1.807) is 17.1 Å². The van der Waals surface area contributed by atoms with Crippen LogP contribution in [0.3, 0.4) is 0 Å². The molecule has 2 nitrogen and oxygen atoms in total. The minimum atomic E-state index is 0.0306. The second-order valence-electron chi connectivity index (χ2n) is 2.38. The zero-order valence-electron chi connectivity index (χ0n) is 7.20. The molecule has 12 heavy (non-hydrogen) atoms. The molecule has 0 saturated heterocycles. The highest BCUT2D eigenvalue weighted by Gasteiger charge is 2.06. The van der Waals surface area contributed by atoms with E-state index in [0.717, 1.165) is 4.88 Å². The first-order valence-electron chi connectivity index (χ1n) is 3.66. The monoisotopic (exact) mass is 181 g/mol. The molecule has 0 saturated carbocycles. The molecule has 0 N–H and O–H groups in total. The fourth-order valence-corrected chi connectivity index (χ4v) is 1.91. The highest BCUT2D eigenvalue weighted by molar-refractivity contribution is 7.07. The average Bonchev–Trinajstić information content (AvgIpc) is 2.29. The minimum absolute atomic E-state index is 0.0306. The predicted octanol–water partition coefficient (Wildman–Crippen LogP) is 2.12. The van der Waals surface area contributed by atoms with Crippen molar-refractivity contribution in [2.45, 2.75) is 6.92 Å². The second kappa shape index (κ2) is 3.54. The quantitative estimate of drug-likeness (QED) is 0.685. The Hall–Kier alpha value is -1.09. The Kier molecular flexibility index (Phi) is 2.65. The summed E-state index contributed by atoms with van der Waals surface area (Å²) in [5.74, 6) is 0. The molecule has 1 heterocycles. The van der Waals surface area contributed by atoms with E-state index in [-0.39, 0.29) is 5.56 Å². The van der Waals surface area contributed by atoms with E-state index in [1.165, 1.54) is 11.5 Å². The van der Waals surface area contributed by atoms with Gasteiger partial charge in [-0.3, -0.25) is 8.75 Å². The lowest BCUT2D eigenvalue weighted by atomic mass is 10.2. The van der Waals surface area contributed by atoms with E-state index >= 15 is 0 Å². The van der Waals surface area contributed by atoms with Crippen molar-refractivity contribution in [3.05, 3.63) is 33.4 Å². The molecule has 0 bridgehead atoms. The number of aromatic nitrogens is 1. The first kappa shape index (κ1) is 9.00. The summed E-state index contributed by atoms with van der Waals surface area (Å²) in [6, 6.07) is 0. The lowest BCUT2D eigenvalue weighted by molar-refractivity contribution is 0.978. The Labute approximate surface area is 75.6 Å². The van der Waals surface area contributed by atoms with E-state index in [9.17, 15) is 4.79 Å². The average molecular weight is 181 g/mol. The first-order chi connectivity index (χ1) is 5.70. The predicted molar refractivity (Wildman–Crippen MR) is 54.4 cm³/mol. The molecular weight excluding hydrogens is 170 g/mol. The van der Waals surface area contributed by atoms with Crippen LogP contribution in [0.4, 0.5) is 0 Å². The zero-order chi connectivity index (χ0) is 9.14. The third kappa shape index (κ3) is 1.41. The SMILES string of the molecule is C=Cc1c(/C=C\C)sn(C)c1=O. The topological polar surface area (TPSA) is 22.0 Å². The van der Waals surface area contributed by atoms with Crippen LogP contribution < -0.4 is 5.56 Å². The van der Waals surface area contributed by atoms with Crippen molar-refractivity contribution in [3.8, 4) is 0 Å². The van der Waals surface area contributed by atoms with Crippen LogP contribution in [-0.2, 0) is 7.05 Å². The largest absolute Gasteiger partial charge is 0.268 e. The van der Waals surface area contributed by atoms with Crippen molar-refractivity contribution in [1.82, 2.24) is 3.96 Å². The molecule has 1 aromatic rings. The lowest BCUT2D eigenvalue weighted by Gasteiger charge is -1.83. The standard InChI is InChI=1S/C9H11NOS/c1-4-6-8-7(5-2)9(11)10(3)12-8/h4-6H,2H2,1,3H3/b6-4-. The van der Waals surface area contributed by atoms with Gasteiger partial charge >= 0.3 is 0 Å². The van der Waals surface area contributed by atoms with Gasteiger partial charge in [0.15, 0.2) is 0 Å². The molecule has 0 atom stereocenters. The summed E-state index contributed by atoms with van der Waals surface area (Å²) in [7, 11) is 1.76. The molecule has 0 spiro atoms. The van der Waals surface area contributed by atoms with Gasteiger partial charge in [0.1, 0.15) is 0 Å². The van der Waals surface area contributed by atoms with Crippen molar-refractivity contribution in [2.24, 2.45) is 7.05 Å². The van der Waals surface area contributed by atoms with E-state index in [2.05, 4.69) is 6.58 Å². The molecule has 0 radical (unpaired) electrons. The van der Waals surface area contributed by atoms with Crippen LogP contribution in [0.2, 0.25) is 0 Å². The van der Waals surface area contributed by atoms with Crippen molar-refractivity contribution in [1.29, 1.82) is 0 Å². The van der Waals surface area contributed by atoms with Gasteiger partial charge in [-0.1, -0.05) is 30.3 Å². The number of hydrogen-bond acceptors (Lipinski definition) is 2. The van der Waals surface area contributed by atoms with Gasteiger partial charge in [0.2, 0.25) is 0 Å². The Morgan fingerprint density at radius 1 is 1.58 bits per heavy atom. The molecule has 0 aliphatic carbocycles. The Morgan fingerprint density at radius 2 is 2.25 bits per heavy atom. The summed E-state index contributed by atoms with van der Waals surface area (Å²) < 4.78 is 1.60. The number of rotatable bonds is 2. The molecule has 64 valence electrons. The van der Waals surface area contributed by atoms with E-state index in [1.807, 2.05) is 19.1 Å². The smallest absolute Gasteiger partial charge is 0.268 e. The molecule has 1 rings (SSSR count). The summed E-state index contributed by atoms with van der Waals surface area (Å²) >= 11 is 1.44. The lowest BCUT2D eigenvalue weighted by Crippen LogP contribution is -2.10. The van der Waals surface area contributed by atoms with E-state index in [4.69, 9.17) is 0 Å². The number of nitrogens with zero attached hydrogens (tertiary/aromatic N) is 1. The van der Waals surface area contributed by atoms with Gasteiger partial charge in [-0.25, -0.2) is 0 Å². The molecule has 0 aliphatic rings. The number of allylic oxidation sites excluding steroid dienone is 1. The van der Waals surface area contributed by atoms with Gasteiger partial charge in [-0.05, 0) is 13.0 Å². The fourth-order valence-electron chi connectivity index (χ4n) is 0.973. The van der Waals surface area contributed by atoms with Gasteiger partial charge in [0.05, 0.1) is 10.4 Å². The molecule has 0 fully saturated rings. The van der Waals surface area contributed by atoms with Crippen LogP contribution in [0.1, 0.15) is 17.4 Å². The summed E-state index contributed by atoms with van der Waals surface area (Å²) in [6.07, 6.45) is 5.44. The molecule has 0 aliphatic heterocycles. The van der Waals surface area contributed by atoms with Crippen LogP contribution in [0, 0.1) is 0 Å². The second-order valence-corrected chi connectivity index (χ2v) is 3.55. The first-order valence-corrected chi connectivity index (χ1v) is 4.43. The maximum absolute atomic E-state index is 11.4. The van der Waals surface area contributed by atoms with Gasteiger partial charge in [0, 0.05) is 7.05 Å². The van der Waals surface area contributed by atoms with Gasteiger partial charge in [-0.15, -0.1) is 0 Å². The third-order valence-electron chi connectivity index (χ3n) is 1.54. The third-order valence-corrected chi connectivity index (χ3v) is 2.53. The molecular formula is C9H11NOS. The highest BCUT2D eigenvalue weighted by Crippen LogP contribution is 2.14. The zero-order valence-corrected chi connectivity index (χ0v) is 8.02.